The van der Waals surface area contributed by atoms with Gasteiger partial charge in [0.15, 0.2) is 11.5 Å². The van der Waals surface area contributed by atoms with E-state index in [1.165, 1.54) is 0 Å². The molecular formula is C15H19N3O2. The van der Waals surface area contributed by atoms with Crippen molar-refractivity contribution >= 4 is 17.0 Å². The normalized spacial score (nSPS) is 19.2. The third-order valence-corrected chi connectivity index (χ3v) is 4.15. The van der Waals surface area contributed by atoms with E-state index in [9.17, 15) is 4.79 Å². The Hall–Kier alpha value is -1.88. The van der Waals surface area contributed by atoms with E-state index in [2.05, 4.69) is 9.88 Å². The molecule has 1 amide bonds. The molecule has 0 saturated carbocycles. The lowest BCUT2D eigenvalue weighted by Gasteiger charge is -2.33. The quantitative estimate of drug-likeness (QED) is 0.926. The van der Waals surface area contributed by atoms with E-state index in [0.29, 0.717) is 5.92 Å². The molecule has 1 saturated heterocycles. The summed E-state index contributed by atoms with van der Waals surface area (Å²) in [5.74, 6) is 0.890. The molecule has 0 unspecified atom stereocenters. The third-order valence-electron chi connectivity index (χ3n) is 4.15. The van der Waals surface area contributed by atoms with Crippen LogP contribution in [0.5, 0.6) is 0 Å². The van der Waals surface area contributed by atoms with Crippen LogP contribution in [0.4, 0.5) is 0 Å². The van der Waals surface area contributed by atoms with Crippen LogP contribution in [0.25, 0.3) is 11.1 Å². The molecule has 1 atom stereocenters. The van der Waals surface area contributed by atoms with Crippen molar-refractivity contribution in [1.82, 2.24) is 9.88 Å². The van der Waals surface area contributed by atoms with Gasteiger partial charge in [-0.15, -0.1) is 0 Å². The van der Waals surface area contributed by atoms with Crippen molar-refractivity contribution in [1.29, 1.82) is 0 Å². The summed E-state index contributed by atoms with van der Waals surface area (Å²) in [6.07, 6.45) is 1.90. The van der Waals surface area contributed by atoms with Gasteiger partial charge in [0.05, 0.1) is 6.04 Å². The van der Waals surface area contributed by atoms with Crippen molar-refractivity contribution in [3.63, 3.8) is 0 Å². The van der Waals surface area contributed by atoms with Gasteiger partial charge in [-0.05, 0) is 45.0 Å². The van der Waals surface area contributed by atoms with Crippen molar-refractivity contribution in [2.24, 2.45) is 5.73 Å². The molecule has 0 bridgehead atoms. The summed E-state index contributed by atoms with van der Waals surface area (Å²) >= 11 is 0. The van der Waals surface area contributed by atoms with Crippen LogP contribution in [0, 0.1) is 0 Å². The molecule has 3 rings (SSSR count). The maximum absolute atomic E-state index is 11.2. The first-order valence-electron chi connectivity index (χ1n) is 7.04. The van der Waals surface area contributed by atoms with Crippen LogP contribution in [0.1, 0.15) is 31.6 Å². The summed E-state index contributed by atoms with van der Waals surface area (Å²) in [6, 6.07) is 7.63. The summed E-state index contributed by atoms with van der Waals surface area (Å²) < 4.78 is 5.83. The van der Waals surface area contributed by atoms with Gasteiger partial charge in [0.1, 0.15) is 5.52 Å². The van der Waals surface area contributed by atoms with Gasteiger partial charge in [0.2, 0.25) is 5.91 Å². The largest absolute Gasteiger partial charge is 0.440 e. The van der Waals surface area contributed by atoms with Gasteiger partial charge >= 0.3 is 0 Å². The van der Waals surface area contributed by atoms with Crippen LogP contribution in [0.15, 0.2) is 28.7 Å². The minimum absolute atomic E-state index is 0.195. The van der Waals surface area contributed by atoms with E-state index in [4.69, 9.17) is 10.2 Å². The highest BCUT2D eigenvalue weighted by atomic mass is 16.3. The van der Waals surface area contributed by atoms with E-state index in [-0.39, 0.29) is 11.9 Å². The highest BCUT2D eigenvalue weighted by molar-refractivity contribution is 5.79. The maximum Gasteiger partial charge on any atom is 0.234 e. The second-order valence-electron chi connectivity index (χ2n) is 5.41. The Labute approximate surface area is 117 Å². The van der Waals surface area contributed by atoms with Gasteiger partial charge in [-0.1, -0.05) is 12.1 Å². The lowest BCUT2D eigenvalue weighted by Crippen LogP contribution is -2.46. The first kappa shape index (κ1) is 13.1. The van der Waals surface area contributed by atoms with Gasteiger partial charge in [0.25, 0.3) is 0 Å². The Bertz CT molecular complexity index is 581. The van der Waals surface area contributed by atoms with Crippen LogP contribution in [0.2, 0.25) is 0 Å². The number of hydrogen-bond donors (Lipinski definition) is 1. The molecule has 106 valence electrons. The van der Waals surface area contributed by atoms with E-state index < -0.39 is 0 Å². The van der Waals surface area contributed by atoms with E-state index in [0.717, 1.165) is 42.9 Å². The van der Waals surface area contributed by atoms with Crippen LogP contribution in [0.3, 0.4) is 0 Å². The minimum Gasteiger partial charge on any atom is -0.440 e. The highest BCUT2D eigenvalue weighted by Crippen LogP contribution is 2.30. The number of fused-ring (bicyclic) bond motifs is 1. The molecule has 1 aromatic carbocycles. The zero-order chi connectivity index (χ0) is 14.1. The molecule has 1 fully saturated rings. The fourth-order valence-electron chi connectivity index (χ4n) is 2.78. The summed E-state index contributed by atoms with van der Waals surface area (Å²) in [5.41, 5.74) is 7.11. The van der Waals surface area contributed by atoms with Crippen molar-refractivity contribution in [2.45, 2.75) is 31.7 Å². The number of benzene rings is 1. The van der Waals surface area contributed by atoms with Gasteiger partial charge < -0.3 is 10.2 Å². The van der Waals surface area contributed by atoms with E-state index in [1.54, 1.807) is 0 Å². The van der Waals surface area contributed by atoms with Crippen LogP contribution in [-0.2, 0) is 4.79 Å². The van der Waals surface area contributed by atoms with Crippen molar-refractivity contribution in [3.05, 3.63) is 30.2 Å². The second kappa shape index (κ2) is 5.25. The van der Waals surface area contributed by atoms with Crippen molar-refractivity contribution < 1.29 is 9.21 Å². The Morgan fingerprint density at radius 2 is 2.10 bits per heavy atom. The molecule has 2 heterocycles. The predicted octanol–water partition coefficient (Wildman–Crippen LogP) is 1.88. The topological polar surface area (TPSA) is 72.4 Å². The van der Waals surface area contributed by atoms with Gasteiger partial charge in [-0.2, -0.15) is 0 Å². The lowest BCUT2D eigenvalue weighted by atomic mass is 9.96. The minimum atomic E-state index is -0.259. The van der Waals surface area contributed by atoms with Crippen LogP contribution >= 0.6 is 0 Å². The average molecular weight is 273 g/mol. The fraction of sp³-hybridized carbons (Fsp3) is 0.467. The van der Waals surface area contributed by atoms with Crippen molar-refractivity contribution in [3.8, 4) is 0 Å². The van der Waals surface area contributed by atoms with Gasteiger partial charge in [-0.25, -0.2) is 4.98 Å². The molecule has 0 radical (unpaired) electrons. The first-order chi connectivity index (χ1) is 9.65. The maximum atomic E-state index is 11.2. The first-order valence-corrected chi connectivity index (χ1v) is 7.04. The van der Waals surface area contributed by atoms with Crippen LogP contribution < -0.4 is 5.73 Å². The molecule has 1 aliphatic rings. The summed E-state index contributed by atoms with van der Waals surface area (Å²) in [4.78, 5) is 17.9. The molecule has 2 aromatic rings. The summed E-state index contributed by atoms with van der Waals surface area (Å²) in [5, 5.41) is 0. The second-order valence-corrected chi connectivity index (χ2v) is 5.41. The highest BCUT2D eigenvalue weighted by Gasteiger charge is 2.28. The Morgan fingerprint density at radius 3 is 2.75 bits per heavy atom. The Morgan fingerprint density at radius 1 is 1.40 bits per heavy atom. The van der Waals surface area contributed by atoms with E-state index >= 15 is 0 Å². The Balaban J connectivity index is 1.70. The van der Waals surface area contributed by atoms with E-state index in [1.807, 2.05) is 31.2 Å². The number of carbonyl (C=O) groups excluding carboxylic acids is 1. The number of hydrogen-bond acceptors (Lipinski definition) is 4. The summed E-state index contributed by atoms with van der Waals surface area (Å²) in [7, 11) is 0. The molecule has 5 nitrogen and oxygen atoms in total. The number of oxazole rings is 1. The molecule has 1 aliphatic heterocycles. The lowest BCUT2D eigenvalue weighted by molar-refractivity contribution is -0.123. The SMILES string of the molecule is C[C@H](C(N)=O)N1CCC(c2nc3ccccc3o2)CC1. The molecule has 0 aliphatic carbocycles. The molecule has 1 aromatic heterocycles. The standard InChI is InChI=1S/C15H19N3O2/c1-10(14(16)19)18-8-6-11(7-9-18)15-17-12-4-2-3-5-13(12)20-15/h2-5,10-11H,6-9H2,1H3,(H2,16,19)/t10-/m1/s1. The number of nitrogens with two attached hydrogens (primary N) is 1. The van der Waals surface area contributed by atoms with Crippen molar-refractivity contribution in [2.75, 3.05) is 13.1 Å². The number of para-hydroxylation sites is 2. The number of nitrogens with zero attached hydrogens (tertiary/aromatic N) is 2. The number of carbonyl (C=O) groups is 1. The number of primary amides is 1. The number of likely N-dealkylation sites (tertiary alicyclic amines) is 1. The smallest absolute Gasteiger partial charge is 0.234 e. The summed E-state index contributed by atoms with van der Waals surface area (Å²) in [6.45, 7) is 3.57. The number of rotatable bonds is 3. The number of amides is 1. The molecule has 5 heteroatoms. The number of piperidine rings is 1. The zero-order valence-electron chi connectivity index (χ0n) is 11.6. The molecule has 0 spiro atoms. The molecule has 20 heavy (non-hydrogen) atoms. The van der Waals surface area contributed by atoms with Crippen LogP contribution in [-0.4, -0.2) is 34.9 Å². The zero-order valence-corrected chi connectivity index (χ0v) is 11.6. The molecule has 2 N–H and O–H groups in total. The third kappa shape index (κ3) is 2.41. The Kier molecular flexibility index (Phi) is 3.44. The average Bonchev–Trinajstić information content (AvgIpc) is 2.90. The predicted molar refractivity (Wildman–Crippen MR) is 76.2 cm³/mol. The number of aromatic nitrogens is 1. The monoisotopic (exact) mass is 273 g/mol. The fourth-order valence-corrected chi connectivity index (χ4v) is 2.78. The molecular weight excluding hydrogens is 254 g/mol. The van der Waals surface area contributed by atoms with Gasteiger partial charge in [-0.3, -0.25) is 9.69 Å². The van der Waals surface area contributed by atoms with Gasteiger partial charge in [0, 0.05) is 5.92 Å².